The molecule has 0 saturated carbocycles. The first-order chi connectivity index (χ1) is 13.3. The summed E-state index contributed by atoms with van der Waals surface area (Å²) in [5.74, 6) is 0.412. The van der Waals surface area contributed by atoms with Crippen LogP contribution in [0.25, 0.3) is 10.8 Å². The quantitative estimate of drug-likeness (QED) is 0.698. The first-order valence-corrected chi connectivity index (χ1v) is 9.76. The van der Waals surface area contributed by atoms with Gasteiger partial charge < -0.3 is 14.5 Å². The lowest BCUT2D eigenvalue weighted by Crippen LogP contribution is -2.36. The molecule has 0 radical (unpaired) electrons. The Kier molecular flexibility index (Phi) is 4.30. The van der Waals surface area contributed by atoms with E-state index >= 15 is 0 Å². The van der Waals surface area contributed by atoms with Gasteiger partial charge >= 0.3 is 0 Å². The SMILES string of the molecule is CN1Cc2cc(N3CCOCC3)ccc2C(c2ccc3cnccc3c2)C1. The van der Waals surface area contributed by atoms with Crippen LogP contribution in [0.15, 0.2) is 54.9 Å². The summed E-state index contributed by atoms with van der Waals surface area (Å²) in [6, 6.07) is 16.0. The first-order valence-electron chi connectivity index (χ1n) is 9.76. The molecule has 4 nitrogen and oxygen atoms in total. The fraction of sp³-hybridized carbons (Fsp3) is 0.348. The van der Waals surface area contributed by atoms with Crippen LogP contribution < -0.4 is 4.90 Å². The van der Waals surface area contributed by atoms with Gasteiger partial charge in [-0.25, -0.2) is 0 Å². The lowest BCUT2D eigenvalue weighted by Gasteiger charge is -2.35. The van der Waals surface area contributed by atoms with E-state index in [1.54, 1.807) is 0 Å². The smallest absolute Gasteiger partial charge is 0.0642 e. The molecule has 2 aromatic carbocycles. The van der Waals surface area contributed by atoms with E-state index in [1.807, 2.05) is 12.4 Å². The van der Waals surface area contributed by atoms with Crippen LogP contribution in [0.5, 0.6) is 0 Å². The standard InChI is InChI=1S/C23H25N3O/c1-25-15-20-13-21(26-8-10-27-11-9-26)4-5-22(20)23(16-25)18-2-3-19-14-24-7-6-17(19)12-18/h2-7,12-14,23H,8-11,15-16H2,1H3. The molecule has 0 amide bonds. The van der Waals surface area contributed by atoms with E-state index in [0.717, 1.165) is 39.4 Å². The van der Waals surface area contributed by atoms with Crippen molar-refractivity contribution >= 4 is 16.5 Å². The molecule has 4 heteroatoms. The van der Waals surface area contributed by atoms with Crippen LogP contribution in [0.4, 0.5) is 5.69 Å². The zero-order chi connectivity index (χ0) is 18.2. The largest absolute Gasteiger partial charge is 0.378 e. The van der Waals surface area contributed by atoms with Crippen molar-refractivity contribution in [1.29, 1.82) is 0 Å². The average Bonchev–Trinajstić information content (AvgIpc) is 2.73. The number of nitrogens with zero attached hydrogens (tertiary/aromatic N) is 3. The van der Waals surface area contributed by atoms with Crippen molar-refractivity contribution in [1.82, 2.24) is 9.88 Å². The minimum atomic E-state index is 0.412. The molecule has 1 atom stereocenters. The monoisotopic (exact) mass is 359 g/mol. The number of likely N-dealkylation sites (N-methyl/N-ethyl adjacent to an activating group) is 1. The second-order valence-corrected chi connectivity index (χ2v) is 7.71. The normalized spacial score (nSPS) is 20.6. The van der Waals surface area contributed by atoms with Gasteiger partial charge in [-0.05, 0) is 47.3 Å². The molecule has 3 heterocycles. The summed E-state index contributed by atoms with van der Waals surface area (Å²) in [5.41, 5.74) is 5.64. The number of rotatable bonds is 2. The topological polar surface area (TPSA) is 28.6 Å². The van der Waals surface area contributed by atoms with Crippen LogP contribution in [0.2, 0.25) is 0 Å². The summed E-state index contributed by atoms with van der Waals surface area (Å²) in [4.78, 5) is 9.11. The van der Waals surface area contributed by atoms with Crippen molar-refractivity contribution in [2.45, 2.75) is 12.5 Å². The van der Waals surface area contributed by atoms with Crippen molar-refractivity contribution in [3.63, 3.8) is 0 Å². The van der Waals surface area contributed by atoms with Gasteiger partial charge in [0.1, 0.15) is 0 Å². The number of morpholine rings is 1. The number of ether oxygens (including phenoxy) is 1. The van der Waals surface area contributed by atoms with E-state index < -0.39 is 0 Å². The summed E-state index contributed by atoms with van der Waals surface area (Å²) < 4.78 is 5.51. The van der Waals surface area contributed by atoms with E-state index in [2.05, 4.69) is 64.3 Å². The number of benzene rings is 2. The molecule has 138 valence electrons. The molecule has 1 unspecified atom stereocenters. The summed E-state index contributed by atoms with van der Waals surface area (Å²) in [6.45, 7) is 5.69. The van der Waals surface area contributed by atoms with Gasteiger partial charge in [0.25, 0.3) is 0 Å². The van der Waals surface area contributed by atoms with Crippen LogP contribution in [0.1, 0.15) is 22.6 Å². The zero-order valence-electron chi connectivity index (χ0n) is 15.8. The molecule has 0 N–H and O–H groups in total. The first kappa shape index (κ1) is 16.7. The highest BCUT2D eigenvalue weighted by atomic mass is 16.5. The van der Waals surface area contributed by atoms with E-state index in [0.29, 0.717) is 5.92 Å². The van der Waals surface area contributed by atoms with Gasteiger partial charge in [0.05, 0.1) is 13.2 Å². The summed E-state index contributed by atoms with van der Waals surface area (Å²) in [7, 11) is 2.22. The highest BCUT2D eigenvalue weighted by Crippen LogP contribution is 2.36. The van der Waals surface area contributed by atoms with Gasteiger partial charge in [-0.1, -0.05) is 24.3 Å². The van der Waals surface area contributed by atoms with E-state index in [1.165, 1.54) is 33.2 Å². The lowest BCUT2D eigenvalue weighted by atomic mass is 9.84. The second-order valence-electron chi connectivity index (χ2n) is 7.71. The van der Waals surface area contributed by atoms with E-state index in [9.17, 15) is 0 Å². The van der Waals surface area contributed by atoms with Crippen molar-refractivity contribution in [3.05, 3.63) is 71.5 Å². The van der Waals surface area contributed by atoms with Gasteiger partial charge in [0.15, 0.2) is 0 Å². The fourth-order valence-corrected chi connectivity index (χ4v) is 4.46. The Balaban J connectivity index is 1.53. The number of pyridine rings is 1. The molecule has 5 rings (SSSR count). The van der Waals surface area contributed by atoms with E-state index in [-0.39, 0.29) is 0 Å². The zero-order valence-corrected chi connectivity index (χ0v) is 15.8. The maximum atomic E-state index is 5.51. The number of anilines is 1. The number of hydrogen-bond acceptors (Lipinski definition) is 4. The van der Waals surface area contributed by atoms with Crippen molar-refractivity contribution < 1.29 is 4.74 Å². The lowest BCUT2D eigenvalue weighted by molar-refractivity contribution is 0.122. The summed E-state index contributed by atoms with van der Waals surface area (Å²) >= 11 is 0. The second kappa shape index (κ2) is 6.95. The van der Waals surface area contributed by atoms with Crippen LogP contribution in [0.3, 0.4) is 0 Å². The van der Waals surface area contributed by atoms with Crippen molar-refractivity contribution in [3.8, 4) is 0 Å². The highest BCUT2D eigenvalue weighted by Gasteiger charge is 2.26. The predicted octanol–water partition coefficient (Wildman–Crippen LogP) is 3.65. The molecule has 2 aliphatic heterocycles. The molecule has 27 heavy (non-hydrogen) atoms. The van der Waals surface area contributed by atoms with Gasteiger partial charge in [-0.3, -0.25) is 4.98 Å². The Morgan fingerprint density at radius 2 is 1.89 bits per heavy atom. The highest BCUT2D eigenvalue weighted by molar-refractivity contribution is 5.82. The van der Waals surface area contributed by atoms with Crippen molar-refractivity contribution in [2.75, 3.05) is 44.8 Å². The number of fused-ring (bicyclic) bond motifs is 2. The third-order valence-electron chi connectivity index (χ3n) is 5.88. The van der Waals surface area contributed by atoms with Crippen LogP contribution in [-0.2, 0) is 11.3 Å². The molecular formula is C23H25N3O. The maximum absolute atomic E-state index is 5.51. The Labute approximate surface area is 160 Å². The Hall–Kier alpha value is -2.43. The summed E-state index contributed by atoms with van der Waals surface area (Å²) in [5, 5.41) is 2.47. The average molecular weight is 359 g/mol. The number of aromatic nitrogens is 1. The number of hydrogen-bond donors (Lipinski definition) is 0. The predicted molar refractivity (Wildman–Crippen MR) is 109 cm³/mol. The molecule has 1 aromatic heterocycles. The summed E-state index contributed by atoms with van der Waals surface area (Å²) in [6.07, 6.45) is 3.82. The molecule has 0 aliphatic carbocycles. The van der Waals surface area contributed by atoms with Crippen LogP contribution in [-0.4, -0.2) is 49.8 Å². The van der Waals surface area contributed by atoms with E-state index in [4.69, 9.17) is 4.74 Å². The molecular weight excluding hydrogens is 334 g/mol. The molecule has 3 aromatic rings. The maximum Gasteiger partial charge on any atom is 0.0642 e. The van der Waals surface area contributed by atoms with Crippen molar-refractivity contribution in [2.24, 2.45) is 0 Å². The van der Waals surface area contributed by atoms with Gasteiger partial charge in [-0.15, -0.1) is 0 Å². The minimum Gasteiger partial charge on any atom is -0.378 e. The van der Waals surface area contributed by atoms with Crippen LogP contribution in [0, 0.1) is 0 Å². The third kappa shape index (κ3) is 3.20. The molecule has 0 bridgehead atoms. The Morgan fingerprint density at radius 1 is 1.00 bits per heavy atom. The van der Waals surface area contributed by atoms with Crippen LogP contribution >= 0.6 is 0 Å². The van der Waals surface area contributed by atoms with Gasteiger partial charge in [-0.2, -0.15) is 0 Å². The van der Waals surface area contributed by atoms with Gasteiger partial charge in [0.2, 0.25) is 0 Å². The molecule has 1 fully saturated rings. The molecule has 0 spiro atoms. The molecule has 2 aliphatic rings. The fourth-order valence-electron chi connectivity index (χ4n) is 4.46. The molecule has 1 saturated heterocycles. The third-order valence-corrected chi connectivity index (χ3v) is 5.88. The van der Waals surface area contributed by atoms with Gasteiger partial charge in [0, 0.05) is 55.6 Å². The Morgan fingerprint density at radius 3 is 2.78 bits per heavy atom. The Bertz CT molecular complexity index is 965. The minimum absolute atomic E-state index is 0.412.